The van der Waals surface area contributed by atoms with Gasteiger partial charge in [0.1, 0.15) is 0 Å². The SMILES string of the molecule is CC(O)CN(C)C(=O)C1(CN)CCCCCC1. The second-order valence-corrected chi connectivity index (χ2v) is 5.43. The van der Waals surface area contributed by atoms with Crippen molar-refractivity contribution in [1.82, 2.24) is 4.90 Å². The molecule has 0 spiro atoms. The minimum Gasteiger partial charge on any atom is -0.392 e. The Labute approximate surface area is 104 Å². The van der Waals surface area contributed by atoms with Crippen molar-refractivity contribution in [3.63, 3.8) is 0 Å². The number of carbonyl (C=O) groups is 1. The van der Waals surface area contributed by atoms with Gasteiger partial charge in [0.2, 0.25) is 5.91 Å². The maximum atomic E-state index is 12.5. The number of nitrogens with zero attached hydrogens (tertiary/aromatic N) is 1. The Kier molecular flexibility index (Phi) is 5.40. The van der Waals surface area contributed by atoms with Gasteiger partial charge in [-0.2, -0.15) is 0 Å². The predicted octanol–water partition coefficient (Wildman–Crippen LogP) is 1.12. The maximum Gasteiger partial charge on any atom is 0.229 e. The Hall–Kier alpha value is -0.610. The summed E-state index contributed by atoms with van der Waals surface area (Å²) in [6, 6.07) is 0. The maximum absolute atomic E-state index is 12.5. The zero-order chi connectivity index (χ0) is 12.9. The monoisotopic (exact) mass is 242 g/mol. The van der Waals surface area contributed by atoms with Gasteiger partial charge in [0, 0.05) is 20.1 Å². The lowest BCUT2D eigenvalue weighted by molar-refractivity contribution is -0.142. The Morgan fingerprint density at radius 1 is 1.35 bits per heavy atom. The molecule has 0 aromatic rings. The molecule has 4 nitrogen and oxygen atoms in total. The number of aliphatic hydroxyl groups excluding tert-OH is 1. The van der Waals surface area contributed by atoms with Crippen LogP contribution in [0.5, 0.6) is 0 Å². The highest BCUT2D eigenvalue weighted by Crippen LogP contribution is 2.35. The molecule has 1 unspecified atom stereocenters. The number of aliphatic hydroxyl groups is 1. The lowest BCUT2D eigenvalue weighted by atomic mass is 9.79. The zero-order valence-electron chi connectivity index (χ0n) is 11.1. The number of carbonyl (C=O) groups excluding carboxylic acids is 1. The molecule has 0 aliphatic heterocycles. The molecule has 4 heteroatoms. The van der Waals surface area contributed by atoms with Crippen LogP contribution in [0.1, 0.15) is 45.4 Å². The summed E-state index contributed by atoms with van der Waals surface area (Å²) in [6.45, 7) is 2.52. The second-order valence-electron chi connectivity index (χ2n) is 5.43. The fourth-order valence-corrected chi connectivity index (χ4v) is 2.79. The fourth-order valence-electron chi connectivity index (χ4n) is 2.79. The third-order valence-electron chi connectivity index (χ3n) is 3.79. The van der Waals surface area contributed by atoms with E-state index >= 15 is 0 Å². The smallest absolute Gasteiger partial charge is 0.229 e. The predicted molar refractivity (Wildman–Crippen MR) is 68.5 cm³/mol. The lowest BCUT2D eigenvalue weighted by Gasteiger charge is -2.34. The van der Waals surface area contributed by atoms with E-state index in [4.69, 9.17) is 5.73 Å². The van der Waals surface area contributed by atoms with E-state index in [2.05, 4.69) is 0 Å². The molecule has 0 radical (unpaired) electrons. The molecule has 17 heavy (non-hydrogen) atoms. The standard InChI is InChI=1S/C13H26N2O2/c1-11(16)9-15(2)12(17)13(10-14)7-5-3-4-6-8-13/h11,16H,3-10,14H2,1-2H3. The van der Waals surface area contributed by atoms with Crippen LogP contribution in [-0.2, 0) is 4.79 Å². The van der Waals surface area contributed by atoms with Crippen molar-refractivity contribution in [2.45, 2.75) is 51.6 Å². The van der Waals surface area contributed by atoms with E-state index in [1.165, 1.54) is 12.8 Å². The van der Waals surface area contributed by atoms with E-state index in [-0.39, 0.29) is 11.3 Å². The molecule has 3 N–H and O–H groups in total. The van der Waals surface area contributed by atoms with Crippen molar-refractivity contribution < 1.29 is 9.90 Å². The first-order valence-electron chi connectivity index (χ1n) is 6.65. The molecule has 1 aliphatic rings. The average Bonchev–Trinajstić information content (AvgIpc) is 2.53. The van der Waals surface area contributed by atoms with Crippen LogP contribution >= 0.6 is 0 Å². The van der Waals surface area contributed by atoms with Gasteiger partial charge in [-0.3, -0.25) is 4.79 Å². The zero-order valence-corrected chi connectivity index (χ0v) is 11.1. The summed E-state index contributed by atoms with van der Waals surface area (Å²) in [7, 11) is 1.76. The number of amides is 1. The van der Waals surface area contributed by atoms with Crippen LogP contribution in [0.25, 0.3) is 0 Å². The molecule has 1 amide bonds. The first-order chi connectivity index (χ1) is 8.02. The first-order valence-corrected chi connectivity index (χ1v) is 6.65. The van der Waals surface area contributed by atoms with Crippen LogP contribution in [-0.4, -0.2) is 42.2 Å². The molecule has 0 aromatic carbocycles. The lowest BCUT2D eigenvalue weighted by Crippen LogP contribution is -2.48. The quantitative estimate of drug-likeness (QED) is 0.726. The number of hydrogen-bond acceptors (Lipinski definition) is 3. The summed E-state index contributed by atoms with van der Waals surface area (Å²) in [5.74, 6) is 0.114. The van der Waals surface area contributed by atoms with Gasteiger partial charge in [0.15, 0.2) is 0 Å². The molecule has 0 heterocycles. The largest absolute Gasteiger partial charge is 0.392 e. The molecule has 1 aliphatic carbocycles. The molecular weight excluding hydrogens is 216 g/mol. The minimum atomic E-state index is -0.482. The third kappa shape index (κ3) is 3.68. The molecule has 0 bridgehead atoms. The van der Waals surface area contributed by atoms with Crippen LogP contribution < -0.4 is 5.73 Å². The third-order valence-corrected chi connectivity index (χ3v) is 3.79. The van der Waals surface area contributed by atoms with Gasteiger partial charge in [0.25, 0.3) is 0 Å². The summed E-state index contributed by atoms with van der Waals surface area (Å²) in [5.41, 5.74) is 5.49. The van der Waals surface area contributed by atoms with E-state index in [0.29, 0.717) is 13.1 Å². The molecule has 1 atom stereocenters. The number of likely N-dealkylation sites (N-methyl/N-ethyl adjacent to an activating group) is 1. The Morgan fingerprint density at radius 3 is 2.29 bits per heavy atom. The van der Waals surface area contributed by atoms with Crippen molar-refractivity contribution in [2.24, 2.45) is 11.1 Å². The Balaban J connectivity index is 2.73. The highest BCUT2D eigenvalue weighted by molar-refractivity contribution is 5.82. The summed E-state index contributed by atoms with van der Waals surface area (Å²) < 4.78 is 0. The second kappa shape index (κ2) is 6.36. The summed E-state index contributed by atoms with van der Waals surface area (Å²) in [6.07, 6.45) is 5.89. The number of hydrogen-bond donors (Lipinski definition) is 2. The van der Waals surface area contributed by atoms with Crippen LogP contribution in [0.4, 0.5) is 0 Å². The summed E-state index contributed by atoms with van der Waals surface area (Å²) in [4.78, 5) is 14.1. The van der Waals surface area contributed by atoms with E-state index in [9.17, 15) is 9.90 Å². The van der Waals surface area contributed by atoms with Gasteiger partial charge in [-0.25, -0.2) is 0 Å². The Morgan fingerprint density at radius 2 is 1.88 bits per heavy atom. The Bertz CT molecular complexity index is 246. The number of nitrogens with two attached hydrogens (primary N) is 1. The molecular formula is C13H26N2O2. The number of rotatable bonds is 4. The normalized spacial score (nSPS) is 21.6. The van der Waals surface area contributed by atoms with Gasteiger partial charge < -0.3 is 15.7 Å². The van der Waals surface area contributed by atoms with E-state index < -0.39 is 6.10 Å². The van der Waals surface area contributed by atoms with Crippen molar-refractivity contribution in [2.75, 3.05) is 20.1 Å². The van der Waals surface area contributed by atoms with Crippen LogP contribution in [0.2, 0.25) is 0 Å². The van der Waals surface area contributed by atoms with Gasteiger partial charge in [0.05, 0.1) is 11.5 Å². The minimum absolute atomic E-state index is 0.114. The molecule has 1 saturated carbocycles. The van der Waals surface area contributed by atoms with Crippen molar-refractivity contribution in [1.29, 1.82) is 0 Å². The summed E-state index contributed by atoms with van der Waals surface area (Å²) in [5, 5.41) is 9.36. The average molecular weight is 242 g/mol. The molecule has 1 rings (SSSR count). The van der Waals surface area contributed by atoms with Crippen LogP contribution in [0, 0.1) is 5.41 Å². The highest BCUT2D eigenvalue weighted by Gasteiger charge is 2.39. The summed E-state index contributed by atoms with van der Waals surface area (Å²) >= 11 is 0. The van der Waals surface area contributed by atoms with Gasteiger partial charge >= 0.3 is 0 Å². The van der Waals surface area contributed by atoms with Crippen LogP contribution in [0.3, 0.4) is 0 Å². The molecule has 100 valence electrons. The van der Waals surface area contributed by atoms with Crippen LogP contribution in [0.15, 0.2) is 0 Å². The van der Waals surface area contributed by atoms with E-state index in [1.807, 2.05) is 0 Å². The topological polar surface area (TPSA) is 66.6 Å². The van der Waals surface area contributed by atoms with Gasteiger partial charge in [-0.1, -0.05) is 25.7 Å². The first kappa shape index (κ1) is 14.5. The molecule has 0 aromatic heterocycles. The fraction of sp³-hybridized carbons (Fsp3) is 0.923. The van der Waals surface area contributed by atoms with E-state index in [0.717, 1.165) is 25.7 Å². The van der Waals surface area contributed by atoms with Crippen molar-refractivity contribution >= 4 is 5.91 Å². The van der Waals surface area contributed by atoms with Crippen molar-refractivity contribution in [3.05, 3.63) is 0 Å². The van der Waals surface area contributed by atoms with E-state index in [1.54, 1.807) is 18.9 Å². The van der Waals surface area contributed by atoms with Gasteiger partial charge in [-0.15, -0.1) is 0 Å². The molecule has 0 saturated heterocycles. The van der Waals surface area contributed by atoms with Crippen molar-refractivity contribution in [3.8, 4) is 0 Å². The highest BCUT2D eigenvalue weighted by atomic mass is 16.3. The van der Waals surface area contributed by atoms with Gasteiger partial charge in [-0.05, 0) is 19.8 Å². The molecule has 1 fully saturated rings.